The number of hydrogen-bond donors (Lipinski definition) is 1. The average Bonchev–Trinajstić information content (AvgIpc) is 3.47. The highest BCUT2D eigenvalue weighted by Gasteiger charge is 2.19. The Morgan fingerprint density at radius 3 is 2.60 bits per heavy atom. The Kier molecular flexibility index (Phi) is 11.1. The van der Waals surface area contributed by atoms with Gasteiger partial charge in [0.2, 0.25) is 5.89 Å². The molecule has 43 heavy (non-hydrogen) atoms. The molecule has 3 aromatic carbocycles. The molecule has 1 aromatic heterocycles. The lowest BCUT2D eigenvalue weighted by atomic mass is 10.0. The Labute approximate surface area is 252 Å². The van der Waals surface area contributed by atoms with Crippen molar-refractivity contribution in [2.75, 3.05) is 20.0 Å². The molecule has 4 rings (SSSR count). The van der Waals surface area contributed by atoms with Crippen molar-refractivity contribution in [3.05, 3.63) is 98.9 Å². The van der Waals surface area contributed by atoms with Crippen LogP contribution in [0.15, 0.2) is 75.4 Å². The molecular weight excluding hydrogens is 574 g/mol. The molecule has 0 unspecified atom stereocenters. The predicted molar refractivity (Wildman–Crippen MR) is 161 cm³/mol. The van der Waals surface area contributed by atoms with Crippen molar-refractivity contribution in [1.82, 2.24) is 15.6 Å². The number of rotatable bonds is 15. The highest BCUT2D eigenvalue weighted by molar-refractivity contribution is 7.99. The number of carbonyl (C=O) groups is 1. The average molecular weight is 606 g/mol. The van der Waals surface area contributed by atoms with Crippen LogP contribution in [0.1, 0.15) is 34.6 Å². The molecule has 0 aliphatic rings. The Bertz CT molecular complexity index is 1580. The Hall–Kier alpha value is -4.91. The normalized spacial score (nSPS) is 11.0. The van der Waals surface area contributed by atoms with E-state index in [1.807, 2.05) is 49.4 Å². The number of nitrogens with zero attached hydrogens (tertiary/aromatic N) is 4. The Morgan fingerprint density at radius 2 is 1.88 bits per heavy atom. The first kappa shape index (κ1) is 31.0. The monoisotopic (exact) mass is 605 g/mol. The van der Waals surface area contributed by atoms with E-state index in [0.29, 0.717) is 12.3 Å². The zero-order valence-electron chi connectivity index (χ0n) is 23.9. The van der Waals surface area contributed by atoms with Gasteiger partial charge < -0.3 is 18.6 Å². The van der Waals surface area contributed by atoms with Gasteiger partial charge in [0, 0.05) is 6.42 Å². The van der Waals surface area contributed by atoms with E-state index in [1.165, 1.54) is 31.0 Å². The fraction of sp³-hybridized carbons (Fsp3) is 0.267. The number of thioether (sulfide) groups is 1. The molecule has 1 amide bonds. The number of benzene rings is 3. The van der Waals surface area contributed by atoms with Crippen molar-refractivity contribution in [3.63, 3.8) is 0 Å². The maximum atomic E-state index is 12.3. The maximum Gasteiger partial charge on any atom is 0.282 e. The summed E-state index contributed by atoms with van der Waals surface area (Å²) in [5.41, 5.74) is 5.52. The quantitative estimate of drug-likeness (QED) is 0.0818. The van der Waals surface area contributed by atoms with E-state index in [4.69, 9.17) is 18.6 Å². The predicted octanol–water partition coefficient (Wildman–Crippen LogP) is 5.30. The van der Waals surface area contributed by atoms with Gasteiger partial charge in [-0.1, -0.05) is 48.2 Å². The second kappa shape index (κ2) is 15.4. The molecule has 1 heterocycles. The molecule has 0 aliphatic heterocycles. The summed E-state index contributed by atoms with van der Waals surface area (Å²) in [4.78, 5) is 23.5. The smallest absolute Gasteiger partial charge is 0.282 e. The lowest BCUT2D eigenvalue weighted by Gasteiger charge is -2.12. The number of amides is 1. The molecule has 0 radical (unpaired) electrons. The molecule has 0 saturated heterocycles. The van der Waals surface area contributed by atoms with Crippen molar-refractivity contribution in [3.8, 4) is 17.2 Å². The van der Waals surface area contributed by atoms with Gasteiger partial charge in [-0.3, -0.25) is 14.9 Å². The minimum Gasteiger partial charge on any atom is -0.497 e. The standard InChI is InChI=1S/C30H31N5O7S/c1-20-14-24(39-2)13-12-22(20)10-7-11-29-33-34-30(42-29)43-19-28(36)32-31-17-23-15-26(40-3)27(16-25(23)35(37)38)41-18-21-8-5-4-6-9-21/h4-6,8-9,12-17H,7,10-11,18-19H2,1-3H3,(H,32,36)/b31-17+. The molecular formula is C30H31N5O7S. The maximum absolute atomic E-state index is 12.3. The second-order valence-electron chi connectivity index (χ2n) is 9.28. The van der Waals surface area contributed by atoms with Crippen molar-refractivity contribution in [1.29, 1.82) is 0 Å². The SMILES string of the molecule is COc1ccc(CCCc2nnc(SCC(=O)N/N=C/c3cc(OC)c(OCc4ccccc4)cc3[N+](=O)[O-])o2)c(C)c1. The molecule has 1 N–H and O–H groups in total. The number of nitrogens with one attached hydrogen (secondary N) is 1. The van der Waals surface area contributed by atoms with Gasteiger partial charge in [-0.05, 0) is 54.7 Å². The van der Waals surface area contributed by atoms with Crippen LogP contribution in [-0.2, 0) is 24.2 Å². The van der Waals surface area contributed by atoms with E-state index < -0.39 is 10.8 Å². The van der Waals surface area contributed by atoms with Crippen LogP contribution in [0.25, 0.3) is 0 Å². The summed E-state index contributed by atoms with van der Waals surface area (Å²) < 4.78 is 22.0. The van der Waals surface area contributed by atoms with Crippen LogP contribution in [0.5, 0.6) is 17.2 Å². The number of ether oxygens (including phenoxy) is 3. The van der Waals surface area contributed by atoms with E-state index in [1.54, 1.807) is 7.11 Å². The van der Waals surface area contributed by atoms with Gasteiger partial charge in [0.05, 0.1) is 42.7 Å². The topological polar surface area (TPSA) is 151 Å². The zero-order chi connectivity index (χ0) is 30.6. The summed E-state index contributed by atoms with van der Waals surface area (Å²) in [6, 6.07) is 18.1. The van der Waals surface area contributed by atoms with E-state index in [0.717, 1.165) is 41.5 Å². The number of methoxy groups -OCH3 is 2. The highest BCUT2D eigenvalue weighted by Crippen LogP contribution is 2.34. The third kappa shape index (κ3) is 9.04. The first-order valence-corrected chi connectivity index (χ1v) is 14.3. The lowest BCUT2D eigenvalue weighted by Crippen LogP contribution is -2.19. The van der Waals surface area contributed by atoms with E-state index in [9.17, 15) is 14.9 Å². The minimum absolute atomic E-state index is 0.0400. The van der Waals surface area contributed by atoms with E-state index >= 15 is 0 Å². The van der Waals surface area contributed by atoms with Crippen LogP contribution >= 0.6 is 11.8 Å². The molecule has 13 heteroatoms. The van der Waals surface area contributed by atoms with Crippen LogP contribution < -0.4 is 19.6 Å². The molecule has 224 valence electrons. The van der Waals surface area contributed by atoms with Crippen molar-refractivity contribution in [2.45, 2.75) is 38.0 Å². The molecule has 0 atom stereocenters. The zero-order valence-corrected chi connectivity index (χ0v) is 24.8. The Morgan fingerprint density at radius 1 is 1.07 bits per heavy atom. The summed E-state index contributed by atoms with van der Waals surface area (Å²) >= 11 is 1.07. The summed E-state index contributed by atoms with van der Waals surface area (Å²) in [7, 11) is 3.08. The molecule has 12 nitrogen and oxygen atoms in total. The van der Waals surface area contributed by atoms with E-state index in [-0.39, 0.29) is 40.3 Å². The molecule has 0 saturated carbocycles. The fourth-order valence-electron chi connectivity index (χ4n) is 4.07. The number of carbonyl (C=O) groups excluding carboxylic acids is 1. The summed E-state index contributed by atoms with van der Waals surface area (Å²) in [5, 5.41) is 23.9. The molecule has 0 aliphatic carbocycles. The van der Waals surface area contributed by atoms with Crippen LogP contribution in [-0.4, -0.2) is 47.2 Å². The largest absolute Gasteiger partial charge is 0.497 e. The van der Waals surface area contributed by atoms with Crippen LogP contribution in [0.3, 0.4) is 0 Å². The van der Waals surface area contributed by atoms with Crippen molar-refractivity contribution in [2.24, 2.45) is 5.10 Å². The summed E-state index contributed by atoms with van der Waals surface area (Å²) in [6.45, 7) is 2.26. The van der Waals surface area contributed by atoms with E-state index in [2.05, 4.69) is 26.8 Å². The van der Waals surface area contributed by atoms with Gasteiger partial charge in [-0.2, -0.15) is 5.10 Å². The molecule has 0 fully saturated rings. The fourth-order valence-corrected chi connectivity index (χ4v) is 4.64. The Balaban J connectivity index is 1.27. The lowest BCUT2D eigenvalue weighted by molar-refractivity contribution is -0.385. The van der Waals surface area contributed by atoms with Crippen LogP contribution in [0, 0.1) is 17.0 Å². The minimum atomic E-state index is -0.556. The number of nitro benzene ring substituents is 1. The third-order valence-electron chi connectivity index (χ3n) is 6.30. The van der Waals surface area contributed by atoms with Gasteiger partial charge in [0.15, 0.2) is 11.5 Å². The molecule has 0 bridgehead atoms. The summed E-state index contributed by atoms with van der Waals surface area (Å²) in [6.07, 6.45) is 3.47. The van der Waals surface area contributed by atoms with Crippen LogP contribution in [0.2, 0.25) is 0 Å². The van der Waals surface area contributed by atoms with Gasteiger partial charge in [-0.15, -0.1) is 10.2 Å². The number of hydrogen-bond acceptors (Lipinski definition) is 11. The van der Waals surface area contributed by atoms with Gasteiger partial charge in [0.1, 0.15) is 12.4 Å². The van der Waals surface area contributed by atoms with Gasteiger partial charge in [0.25, 0.3) is 16.8 Å². The number of aromatic nitrogens is 2. The molecule has 4 aromatic rings. The van der Waals surface area contributed by atoms with Crippen molar-refractivity contribution >= 4 is 29.6 Å². The number of aryl methyl sites for hydroxylation is 3. The first-order chi connectivity index (χ1) is 20.9. The van der Waals surface area contributed by atoms with Gasteiger partial charge >= 0.3 is 0 Å². The second-order valence-corrected chi connectivity index (χ2v) is 10.2. The third-order valence-corrected chi connectivity index (χ3v) is 7.12. The van der Waals surface area contributed by atoms with Crippen molar-refractivity contribution < 1.29 is 28.3 Å². The van der Waals surface area contributed by atoms with Crippen LogP contribution in [0.4, 0.5) is 5.69 Å². The highest BCUT2D eigenvalue weighted by atomic mass is 32.2. The number of nitro groups is 1. The molecule has 0 spiro atoms. The van der Waals surface area contributed by atoms with Gasteiger partial charge in [-0.25, -0.2) is 5.43 Å². The summed E-state index contributed by atoms with van der Waals surface area (Å²) in [5.74, 6) is 1.33. The number of hydrazone groups is 1. The first-order valence-electron chi connectivity index (χ1n) is 13.3.